The number of aromatic amines is 1. The SMILES string of the molecule is CCn1cc(-c2c[nH]c(/C(=N\C=N)N3CCN(c4ncc([C@@](C)(N)c5ccccc5)cn4)CC3)c2)cn1. The second-order valence-electron chi connectivity index (χ2n) is 9.28. The minimum atomic E-state index is -0.666. The minimum Gasteiger partial charge on any atom is -0.358 e. The van der Waals surface area contributed by atoms with E-state index >= 15 is 0 Å². The van der Waals surface area contributed by atoms with E-state index in [1.165, 1.54) is 0 Å². The van der Waals surface area contributed by atoms with Crippen LogP contribution in [0.25, 0.3) is 11.1 Å². The van der Waals surface area contributed by atoms with Gasteiger partial charge in [0, 0.05) is 74.2 Å². The van der Waals surface area contributed by atoms with Crippen LogP contribution < -0.4 is 10.6 Å². The quantitative estimate of drug-likeness (QED) is 0.266. The van der Waals surface area contributed by atoms with Crippen LogP contribution in [0.1, 0.15) is 30.7 Å². The van der Waals surface area contributed by atoms with Crippen molar-refractivity contribution in [2.45, 2.75) is 25.9 Å². The Morgan fingerprint density at radius 1 is 1.08 bits per heavy atom. The van der Waals surface area contributed by atoms with E-state index in [9.17, 15) is 0 Å². The largest absolute Gasteiger partial charge is 0.358 e. The van der Waals surface area contributed by atoms with Crippen molar-refractivity contribution in [1.29, 1.82) is 5.41 Å². The Balaban J connectivity index is 1.26. The lowest BCUT2D eigenvalue weighted by molar-refractivity contribution is 0.383. The minimum absolute atomic E-state index is 0.666. The molecule has 0 unspecified atom stereocenters. The van der Waals surface area contributed by atoms with Crippen LogP contribution in [0.2, 0.25) is 0 Å². The molecule has 0 radical (unpaired) electrons. The molecule has 0 amide bonds. The van der Waals surface area contributed by atoms with E-state index in [4.69, 9.17) is 11.1 Å². The molecule has 1 saturated heterocycles. The summed E-state index contributed by atoms with van der Waals surface area (Å²) in [5.74, 6) is 1.44. The Labute approximate surface area is 216 Å². The molecule has 190 valence electrons. The Hall–Kier alpha value is -4.31. The lowest BCUT2D eigenvalue weighted by atomic mass is 9.87. The van der Waals surface area contributed by atoms with E-state index in [0.717, 1.165) is 72.8 Å². The molecular weight excluding hydrogens is 464 g/mol. The fraction of sp³-hybridized carbons (Fsp3) is 0.296. The van der Waals surface area contributed by atoms with Gasteiger partial charge < -0.3 is 20.5 Å². The van der Waals surface area contributed by atoms with Crippen LogP contribution in [-0.2, 0) is 12.1 Å². The lowest BCUT2D eigenvalue weighted by Crippen LogP contribution is -2.49. The molecule has 0 saturated carbocycles. The van der Waals surface area contributed by atoms with Crippen molar-refractivity contribution in [3.8, 4) is 11.1 Å². The van der Waals surface area contributed by atoms with Gasteiger partial charge in [0.05, 0.1) is 17.4 Å². The van der Waals surface area contributed by atoms with E-state index in [1.54, 1.807) is 0 Å². The third kappa shape index (κ3) is 5.01. The first-order chi connectivity index (χ1) is 18.0. The molecule has 37 heavy (non-hydrogen) atoms. The van der Waals surface area contributed by atoms with E-state index in [-0.39, 0.29) is 0 Å². The number of H-pyrrole nitrogens is 1. The number of aliphatic imine (C=N–C) groups is 1. The standard InChI is InChI=1S/C27H32N10/c1-3-37-18-21(15-34-37)20-13-24(30-14-20)25(33-19-28)35-9-11-36(12-10-35)26-31-16-23(17-32-26)27(2,29)22-7-5-4-6-8-22/h4-8,13-19,28,30H,3,9-12,29H2,1-2H3/b28-19?,33-25+/t27-/m0/s1. The van der Waals surface area contributed by atoms with Gasteiger partial charge in [-0.2, -0.15) is 5.10 Å². The molecule has 10 nitrogen and oxygen atoms in total. The summed E-state index contributed by atoms with van der Waals surface area (Å²) in [7, 11) is 0. The summed E-state index contributed by atoms with van der Waals surface area (Å²) < 4.78 is 1.90. The molecule has 1 aromatic carbocycles. The van der Waals surface area contributed by atoms with Gasteiger partial charge in [0.1, 0.15) is 6.34 Å². The Morgan fingerprint density at radius 2 is 1.81 bits per heavy atom. The number of rotatable bonds is 7. The van der Waals surface area contributed by atoms with Crippen LogP contribution in [0.5, 0.6) is 0 Å². The molecule has 0 bridgehead atoms. The molecule has 0 aliphatic carbocycles. The monoisotopic (exact) mass is 496 g/mol. The zero-order valence-corrected chi connectivity index (χ0v) is 21.2. The van der Waals surface area contributed by atoms with Gasteiger partial charge in [-0.15, -0.1) is 0 Å². The number of nitrogens with two attached hydrogens (primary N) is 1. The van der Waals surface area contributed by atoms with E-state index in [0.29, 0.717) is 5.95 Å². The van der Waals surface area contributed by atoms with Gasteiger partial charge in [-0.3, -0.25) is 10.1 Å². The average molecular weight is 497 g/mol. The molecule has 10 heteroatoms. The number of hydrogen-bond donors (Lipinski definition) is 3. The molecule has 1 atom stereocenters. The van der Waals surface area contributed by atoms with E-state index < -0.39 is 5.54 Å². The number of piperazine rings is 1. The molecule has 0 spiro atoms. The van der Waals surface area contributed by atoms with Crippen molar-refractivity contribution in [3.05, 3.63) is 84.2 Å². The van der Waals surface area contributed by atoms with E-state index in [2.05, 4.69) is 47.8 Å². The number of amidine groups is 1. The Bertz CT molecular complexity index is 1360. The highest BCUT2D eigenvalue weighted by Crippen LogP contribution is 2.26. The van der Waals surface area contributed by atoms with Crippen molar-refractivity contribution < 1.29 is 0 Å². The van der Waals surface area contributed by atoms with Crippen LogP contribution in [0.3, 0.4) is 0 Å². The van der Waals surface area contributed by atoms with Crippen LogP contribution in [0, 0.1) is 5.41 Å². The molecule has 4 aromatic rings. The molecule has 3 aromatic heterocycles. The van der Waals surface area contributed by atoms with Crippen molar-refractivity contribution in [2.24, 2.45) is 10.7 Å². The summed E-state index contributed by atoms with van der Waals surface area (Å²) in [6.07, 6.45) is 10.6. The second-order valence-corrected chi connectivity index (χ2v) is 9.28. The van der Waals surface area contributed by atoms with Crippen molar-refractivity contribution >= 4 is 18.1 Å². The van der Waals surface area contributed by atoms with Crippen LogP contribution in [0.15, 0.2) is 72.4 Å². The zero-order chi connectivity index (χ0) is 25.8. The number of aromatic nitrogens is 5. The number of aryl methyl sites for hydroxylation is 1. The fourth-order valence-corrected chi connectivity index (χ4v) is 4.58. The van der Waals surface area contributed by atoms with Gasteiger partial charge in [0.25, 0.3) is 0 Å². The lowest BCUT2D eigenvalue weighted by Gasteiger charge is -2.36. The normalized spacial score (nSPS) is 16.0. The molecule has 1 aliphatic rings. The summed E-state index contributed by atoms with van der Waals surface area (Å²) in [6, 6.07) is 12.0. The van der Waals surface area contributed by atoms with Crippen molar-refractivity contribution in [1.82, 2.24) is 29.6 Å². The number of hydrogen-bond acceptors (Lipinski definition) is 6. The molecule has 4 N–H and O–H groups in total. The smallest absolute Gasteiger partial charge is 0.225 e. The van der Waals surface area contributed by atoms with Crippen LogP contribution >= 0.6 is 0 Å². The van der Waals surface area contributed by atoms with Crippen molar-refractivity contribution in [2.75, 3.05) is 31.1 Å². The maximum absolute atomic E-state index is 7.60. The summed E-state index contributed by atoms with van der Waals surface area (Å²) in [5.41, 5.74) is 10.8. The third-order valence-electron chi connectivity index (χ3n) is 6.87. The van der Waals surface area contributed by atoms with Gasteiger partial charge >= 0.3 is 0 Å². The van der Waals surface area contributed by atoms with Gasteiger partial charge in [0.15, 0.2) is 5.84 Å². The van der Waals surface area contributed by atoms with Gasteiger partial charge in [-0.05, 0) is 25.5 Å². The summed E-state index contributed by atoms with van der Waals surface area (Å²) in [6.45, 7) is 7.82. The molecule has 1 aliphatic heterocycles. The fourth-order valence-electron chi connectivity index (χ4n) is 4.58. The average Bonchev–Trinajstić information content (AvgIpc) is 3.62. The second kappa shape index (κ2) is 10.4. The van der Waals surface area contributed by atoms with Gasteiger partial charge in [-0.25, -0.2) is 15.0 Å². The number of nitrogens with zero attached hydrogens (tertiary/aromatic N) is 7. The highest BCUT2D eigenvalue weighted by atomic mass is 15.3. The summed E-state index contributed by atoms with van der Waals surface area (Å²) in [5, 5.41) is 12.0. The third-order valence-corrected chi connectivity index (χ3v) is 6.87. The Morgan fingerprint density at radius 3 is 2.46 bits per heavy atom. The Kier molecular flexibility index (Phi) is 6.82. The van der Waals surface area contributed by atoms with E-state index in [1.807, 2.05) is 72.9 Å². The number of anilines is 1. The predicted octanol–water partition coefficient (Wildman–Crippen LogP) is 3.09. The highest BCUT2D eigenvalue weighted by molar-refractivity contribution is 6.01. The maximum Gasteiger partial charge on any atom is 0.225 e. The molecule has 5 rings (SSSR count). The first-order valence-corrected chi connectivity index (χ1v) is 12.4. The maximum atomic E-state index is 7.60. The van der Waals surface area contributed by atoms with Gasteiger partial charge in [0.2, 0.25) is 5.95 Å². The number of benzene rings is 1. The van der Waals surface area contributed by atoms with Crippen LogP contribution in [0.4, 0.5) is 5.95 Å². The first kappa shape index (κ1) is 24.4. The molecule has 1 fully saturated rings. The first-order valence-electron chi connectivity index (χ1n) is 12.4. The highest BCUT2D eigenvalue weighted by Gasteiger charge is 2.26. The molecular formula is C27H32N10. The topological polar surface area (TPSA) is 128 Å². The summed E-state index contributed by atoms with van der Waals surface area (Å²) in [4.78, 5) is 21.3. The van der Waals surface area contributed by atoms with Gasteiger partial charge in [-0.1, -0.05) is 30.3 Å². The number of nitrogens with one attached hydrogen (secondary N) is 2. The predicted molar refractivity (Wildman–Crippen MR) is 146 cm³/mol. The molecule has 4 heterocycles. The summed E-state index contributed by atoms with van der Waals surface area (Å²) >= 11 is 0. The van der Waals surface area contributed by atoms with Crippen molar-refractivity contribution in [3.63, 3.8) is 0 Å². The zero-order valence-electron chi connectivity index (χ0n) is 21.2. The van der Waals surface area contributed by atoms with Crippen LogP contribution in [-0.4, -0.2) is 68.0 Å².